The molecule has 1 aliphatic rings. The SMILES string of the molecule is Nc1cnc(N(CCO)C2CCC2)c(C(=O)O)c1. The molecule has 1 aromatic rings. The van der Waals surface area contributed by atoms with E-state index in [9.17, 15) is 9.90 Å². The Hall–Kier alpha value is -1.82. The maximum Gasteiger partial charge on any atom is 0.339 e. The Bertz CT molecular complexity index is 446. The molecule has 0 unspecified atom stereocenters. The highest BCUT2D eigenvalue weighted by molar-refractivity contribution is 5.94. The van der Waals surface area contributed by atoms with Gasteiger partial charge in [-0.25, -0.2) is 9.78 Å². The Morgan fingerprint density at radius 1 is 1.56 bits per heavy atom. The first-order chi connectivity index (χ1) is 8.63. The van der Waals surface area contributed by atoms with E-state index >= 15 is 0 Å². The molecule has 1 fully saturated rings. The fourth-order valence-corrected chi connectivity index (χ4v) is 2.13. The number of anilines is 2. The van der Waals surface area contributed by atoms with Gasteiger partial charge in [-0.1, -0.05) is 0 Å². The average Bonchev–Trinajstić information content (AvgIpc) is 2.26. The van der Waals surface area contributed by atoms with Gasteiger partial charge < -0.3 is 20.8 Å². The molecule has 18 heavy (non-hydrogen) atoms. The molecule has 0 atom stereocenters. The van der Waals surface area contributed by atoms with Crippen molar-refractivity contribution in [2.75, 3.05) is 23.8 Å². The fourth-order valence-electron chi connectivity index (χ4n) is 2.13. The summed E-state index contributed by atoms with van der Waals surface area (Å²) in [7, 11) is 0. The van der Waals surface area contributed by atoms with Crippen LogP contribution in [0.5, 0.6) is 0 Å². The van der Waals surface area contributed by atoms with Crippen LogP contribution in [0.4, 0.5) is 11.5 Å². The van der Waals surface area contributed by atoms with E-state index in [1.165, 1.54) is 12.3 Å². The van der Waals surface area contributed by atoms with Gasteiger partial charge in [-0.15, -0.1) is 0 Å². The third kappa shape index (κ3) is 2.38. The van der Waals surface area contributed by atoms with Crippen LogP contribution in [0.3, 0.4) is 0 Å². The van der Waals surface area contributed by atoms with E-state index in [1.807, 2.05) is 4.90 Å². The summed E-state index contributed by atoms with van der Waals surface area (Å²) in [4.78, 5) is 17.2. The molecule has 6 nitrogen and oxygen atoms in total. The Kier molecular flexibility index (Phi) is 3.66. The maximum atomic E-state index is 11.2. The number of nitrogen functional groups attached to an aromatic ring is 1. The Morgan fingerprint density at radius 3 is 2.78 bits per heavy atom. The number of aromatic nitrogens is 1. The molecule has 6 heteroatoms. The molecule has 0 aliphatic heterocycles. The third-order valence-corrected chi connectivity index (χ3v) is 3.25. The van der Waals surface area contributed by atoms with Crippen molar-refractivity contribution < 1.29 is 15.0 Å². The summed E-state index contributed by atoms with van der Waals surface area (Å²) in [6, 6.07) is 1.68. The fraction of sp³-hybridized carbons (Fsp3) is 0.500. The number of pyridine rings is 1. The lowest BCUT2D eigenvalue weighted by atomic mass is 9.91. The van der Waals surface area contributed by atoms with Gasteiger partial charge in [-0.2, -0.15) is 0 Å². The molecule has 1 aliphatic carbocycles. The normalized spacial score (nSPS) is 15.2. The van der Waals surface area contributed by atoms with Crippen molar-refractivity contribution in [3.63, 3.8) is 0 Å². The van der Waals surface area contributed by atoms with Gasteiger partial charge in [0.2, 0.25) is 0 Å². The van der Waals surface area contributed by atoms with Crippen molar-refractivity contribution in [2.45, 2.75) is 25.3 Å². The first-order valence-corrected chi connectivity index (χ1v) is 5.99. The van der Waals surface area contributed by atoms with Crippen molar-refractivity contribution in [3.05, 3.63) is 17.8 Å². The second-order valence-corrected chi connectivity index (χ2v) is 4.45. The zero-order chi connectivity index (χ0) is 13.1. The van der Waals surface area contributed by atoms with Gasteiger partial charge in [0.25, 0.3) is 0 Å². The summed E-state index contributed by atoms with van der Waals surface area (Å²) < 4.78 is 0. The van der Waals surface area contributed by atoms with Gasteiger partial charge in [0.05, 0.1) is 18.5 Å². The van der Waals surface area contributed by atoms with Crippen LogP contribution in [0, 0.1) is 0 Å². The van der Waals surface area contributed by atoms with Crippen molar-refractivity contribution in [2.24, 2.45) is 0 Å². The van der Waals surface area contributed by atoms with E-state index in [4.69, 9.17) is 10.8 Å². The summed E-state index contributed by atoms with van der Waals surface area (Å²) in [5, 5.41) is 18.3. The molecule has 2 rings (SSSR count). The van der Waals surface area contributed by atoms with Crippen LogP contribution in [0.2, 0.25) is 0 Å². The lowest BCUT2D eigenvalue weighted by Gasteiger charge is -2.38. The lowest BCUT2D eigenvalue weighted by molar-refractivity contribution is 0.0696. The van der Waals surface area contributed by atoms with Crippen LogP contribution < -0.4 is 10.6 Å². The zero-order valence-electron chi connectivity index (χ0n) is 10.0. The second kappa shape index (κ2) is 5.22. The molecule has 0 radical (unpaired) electrons. The van der Waals surface area contributed by atoms with E-state index in [2.05, 4.69) is 4.98 Å². The molecular weight excluding hydrogens is 234 g/mol. The second-order valence-electron chi connectivity index (χ2n) is 4.45. The van der Waals surface area contributed by atoms with Crippen LogP contribution in [0.1, 0.15) is 29.6 Å². The monoisotopic (exact) mass is 251 g/mol. The van der Waals surface area contributed by atoms with Crippen LogP contribution in [0.25, 0.3) is 0 Å². The first kappa shape index (κ1) is 12.6. The topological polar surface area (TPSA) is 99.7 Å². The number of carboxylic acid groups (broad SMARTS) is 1. The number of carboxylic acids is 1. The number of aliphatic hydroxyl groups is 1. The van der Waals surface area contributed by atoms with Crippen molar-refractivity contribution in [3.8, 4) is 0 Å². The minimum absolute atomic E-state index is 0.0262. The van der Waals surface area contributed by atoms with E-state index in [1.54, 1.807) is 0 Å². The van der Waals surface area contributed by atoms with Crippen molar-refractivity contribution in [1.82, 2.24) is 4.98 Å². The minimum atomic E-state index is -1.05. The Balaban J connectivity index is 2.36. The van der Waals surface area contributed by atoms with Crippen molar-refractivity contribution in [1.29, 1.82) is 0 Å². The van der Waals surface area contributed by atoms with Gasteiger partial charge in [-0.3, -0.25) is 0 Å². The summed E-state index contributed by atoms with van der Waals surface area (Å²) in [5.74, 6) is -0.650. The zero-order valence-corrected chi connectivity index (χ0v) is 10.0. The predicted molar refractivity (Wildman–Crippen MR) is 67.7 cm³/mol. The van der Waals surface area contributed by atoms with Gasteiger partial charge in [-0.05, 0) is 25.3 Å². The number of carbonyl (C=O) groups is 1. The van der Waals surface area contributed by atoms with Gasteiger partial charge in [0.15, 0.2) is 0 Å². The van der Waals surface area contributed by atoms with E-state index < -0.39 is 5.97 Å². The molecule has 0 saturated heterocycles. The molecule has 1 saturated carbocycles. The molecule has 0 amide bonds. The van der Waals surface area contributed by atoms with Gasteiger partial charge >= 0.3 is 5.97 Å². The number of aromatic carboxylic acids is 1. The lowest BCUT2D eigenvalue weighted by Crippen LogP contribution is -2.43. The largest absolute Gasteiger partial charge is 0.478 e. The van der Waals surface area contributed by atoms with E-state index in [0.717, 1.165) is 19.3 Å². The Labute approximate surface area is 105 Å². The summed E-state index contributed by atoms with van der Waals surface area (Å²) >= 11 is 0. The molecular formula is C12H17N3O3. The predicted octanol–water partition coefficient (Wildman–Crippen LogP) is 0.713. The number of rotatable bonds is 5. The van der Waals surface area contributed by atoms with E-state index in [0.29, 0.717) is 18.1 Å². The third-order valence-electron chi connectivity index (χ3n) is 3.25. The number of nitrogens with zero attached hydrogens (tertiary/aromatic N) is 2. The first-order valence-electron chi connectivity index (χ1n) is 5.99. The standard InChI is InChI=1S/C12H17N3O3/c13-8-6-10(12(17)18)11(14-7-8)15(4-5-16)9-2-1-3-9/h6-7,9,16H,1-5,13H2,(H,17,18). The quantitative estimate of drug-likeness (QED) is 0.712. The van der Waals surface area contributed by atoms with Crippen LogP contribution >= 0.6 is 0 Å². The van der Waals surface area contributed by atoms with Crippen LogP contribution in [-0.2, 0) is 0 Å². The highest BCUT2D eigenvalue weighted by Gasteiger charge is 2.28. The van der Waals surface area contributed by atoms with Gasteiger partial charge in [0.1, 0.15) is 11.4 Å². The molecule has 98 valence electrons. The summed E-state index contributed by atoms with van der Waals surface area (Å²) in [6.07, 6.45) is 4.59. The van der Waals surface area contributed by atoms with Crippen LogP contribution in [0.15, 0.2) is 12.3 Å². The molecule has 0 aromatic carbocycles. The summed E-state index contributed by atoms with van der Waals surface area (Å²) in [5.41, 5.74) is 5.99. The smallest absolute Gasteiger partial charge is 0.339 e. The van der Waals surface area contributed by atoms with Crippen LogP contribution in [-0.4, -0.2) is 40.4 Å². The number of aliphatic hydroxyl groups excluding tert-OH is 1. The highest BCUT2D eigenvalue weighted by Crippen LogP contribution is 2.30. The highest BCUT2D eigenvalue weighted by atomic mass is 16.4. The molecule has 0 bridgehead atoms. The maximum absolute atomic E-state index is 11.2. The number of nitrogens with two attached hydrogens (primary N) is 1. The van der Waals surface area contributed by atoms with E-state index in [-0.39, 0.29) is 18.2 Å². The number of hydrogen-bond donors (Lipinski definition) is 3. The summed E-state index contributed by atoms with van der Waals surface area (Å²) in [6.45, 7) is 0.365. The Morgan fingerprint density at radius 2 is 2.28 bits per heavy atom. The van der Waals surface area contributed by atoms with Crippen molar-refractivity contribution >= 4 is 17.5 Å². The molecule has 0 spiro atoms. The molecule has 4 N–H and O–H groups in total. The number of hydrogen-bond acceptors (Lipinski definition) is 5. The molecule has 1 aromatic heterocycles. The minimum Gasteiger partial charge on any atom is -0.478 e. The molecule has 1 heterocycles. The average molecular weight is 251 g/mol. The van der Waals surface area contributed by atoms with Gasteiger partial charge in [0, 0.05) is 12.6 Å².